The molecule has 0 fully saturated rings. The molecule has 1 aliphatic heterocycles. The zero-order chi connectivity index (χ0) is 15.0. The lowest BCUT2D eigenvalue weighted by Crippen LogP contribution is -2.47. The minimum Gasteiger partial charge on any atom is -0.478 e. The van der Waals surface area contributed by atoms with E-state index in [1.54, 1.807) is 29.6 Å². The van der Waals surface area contributed by atoms with Crippen LogP contribution in [-0.2, 0) is 4.79 Å². The van der Waals surface area contributed by atoms with E-state index in [1.807, 2.05) is 0 Å². The second kappa shape index (κ2) is 5.06. The van der Waals surface area contributed by atoms with Crippen LogP contribution < -0.4 is 15.4 Å². The molecule has 0 spiro atoms. The number of anilines is 2. The first kappa shape index (κ1) is 13.4. The van der Waals surface area contributed by atoms with Crippen LogP contribution in [0, 0.1) is 0 Å². The molecule has 1 aromatic carbocycles. The Morgan fingerprint density at radius 3 is 2.86 bits per heavy atom. The van der Waals surface area contributed by atoms with Gasteiger partial charge in [-0.05, 0) is 12.1 Å². The largest absolute Gasteiger partial charge is 0.478 e. The number of rotatable bonds is 2. The average Bonchev–Trinajstić information content (AvgIpc) is 2.92. The molecule has 2 aromatic rings. The molecule has 0 saturated carbocycles. The van der Waals surface area contributed by atoms with Crippen LogP contribution in [0.2, 0.25) is 0 Å². The molecule has 0 saturated heterocycles. The van der Waals surface area contributed by atoms with Gasteiger partial charge in [-0.1, -0.05) is 12.1 Å². The lowest BCUT2D eigenvalue weighted by atomic mass is 10.1. The van der Waals surface area contributed by atoms with Crippen LogP contribution in [-0.4, -0.2) is 34.6 Å². The minimum atomic E-state index is -1.12. The molecule has 2 heterocycles. The van der Waals surface area contributed by atoms with E-state index in [0.717, 1.165) is 11.3 Å². The predicted molar refractivity (Wildman–Crippen MR) is 76.7 cm³/mol. The summed E-state index contributed by atoms with van der Waals surface area (Å²) in [5.74, 6) is -1.17. The molecule has 1 aliphatic rings. The number of amides is 1. The van der Waals surface area contributed by atoms with Crippen LogP contribution in [0.15, 0.2) is 29.6 Å². The zero-order valence-electron chi connectivity index (χ0n) is 10.7. The van der Waals surface area contributed by atoms with E-state index in [0.29, 0.717) is 11.4 Å². The van der Waals surface area contributed by atoms with Crippen molar-refractivity contribution in [3.05, 3.63) is 35.3 Å². The maximum Gasteiger partial charge on any atom is 0.346 e. The first-order chi connectivity index (χ1) is 10.1. The molecule has 7 nitrogen and oxygen atoms in total. The number of fused-ring (bicyclic) bond motifs is 1. The maximum absolute atomic E-state index is 12.5. The van der Waals surface area contributed by atoms with Crippen LogP contribution in [0.1, 0.15) is 10.5 Å². The number of nitrogens with two attached hydrogens (primary N) is 1. The summed E-state index contributed by atoms with van der Waals surface area (Å²) in [5, 5.41) is 11.0. The number of hydrogen-bond donors (Lipinski definition) is 2. The van der Waals surface area contributed by atoms with Gasteiger partial charge in [-0.25, -0.2) is 9.78 Å². The Morgan fingerprint density at radius 2 is 2.19 bits per heavy atom. The van der Waals surface area contributed by atoms with Crippen LogP contribution in [0.5, 0.6) is 5.75 Å². The minimum absolute atomic E-state index is 0.0807. The first-order valence-corrected chi connectivity index (χ1v) is 6.95. The molecule has 1 atom stereocenters. The second-order valence-electron chi connectivity index (χ2n) is 4.40. The van der Waals surface area contributed by atoms with E-state index in [-0.39, 0.29) is 17.4 Å². The summed E-state index contributed by atoms with van der Waals surface area (Å²) in [6.07, 6.45) is -1.11. The number of nitrogen functional groups attached to an aromatic ring is 1. The first-order valence-electron chi connectivity index (χ1n) is 6.07. The van der Waals surface area contributed by atoms with Crippen molar-refractivity contribution >= 4 is 34.0 Å². The van der Waals surface area contributed by atoms with Crippen LogP contribution in [0.3, 0.4) is 0 Å². The van der Waals surface area contributed by atoms with E-state index in [9.17, 15) is 9.59 Å². The Morgan fingerprint density at radius 1 is 1.43 bits per heavy atom. The normalized spacial score (nSPS) is 17.0. The number of aliphatic carboxylic acids is 1. The molecule has 0 bridgehead atoms. The number of benzene rings is 1. The van der Waals surface area contributed by atoms with E-state index in [4.69, 9.17) is 15.6 Å². The maximum atomic E-state index is 12.5. The summed E-state index contributed by atoms with van der Waals surface area (Å²) in [6, 6.07) is 6.78. The van der Waals surface area contributed by atoms with Gasteiger partial charge in [0.25, 0.3) is 5.91 Å². The van der Waals surface area contributed by atoms with Gasteiger partial charge in [-0.15, -0.1) is 11.3 Å². The molecule has 3 N–H and O–H groups in total. The number of hydrogen-bond acceptors (Lipinski definition) is 6. The number of carbonyl (C=O) groups is 2. The van der Waals surface area contributed by atoms with Gasteiger partial charge in [0.05, 0.1) is 12.2 Å². The fourth-order valence-electron chi connectivity index (χ4n) is 2.08. The highest BCUT2D eigenvalue weighted by Gasteiger charge is 2.34. The molecule has 108 valence electrons. The topological polar surface area (TPSA) is 106 Å². The Hall–Kier alpha value is -2.61. The number of carbonyl (C=O) groups excluding carboxylic acids is 1. The monoisotopic (exact) mass is 305 g/mol. The molecule has 1 amide bonds. The molecule has 8 heteroatoms. The second-order valence-corrected chi connectivity index (χ2v) is 5.29. The Labute approximate surface area is 123 Å². The third-order valence-corrected chi connectivity index (χ3v) is 3.71. The highest BCUT2D eigenvalue weighted by atomic mass is 32.1. The van der Waals surface area contributed by atoms with Gasteiger partial charge in [0.1, 0.15) is 11.4 Å². The third kappa shape index (κ3) is 2.40. The van der Waals surface area contributed by atoms with Crippen molar-refractivity contribution in [3.63, 3.8) is 0 Å². The van der Waals surface area contributed by atoms with Crippen LogP contribution in [0.4, 0.5) is 10.8 Å². The fraction of sp³-hybridized carbons (Fsp3) is 0.154. The number of thiazole rings is 1. The summed E-state index contributed by atoms with van der Waals surface area (Å²) >= 11 is 1.16. The molecular formula is C13H11N3O4S. The summed E-state index contributed by atoms with van der Waals surface area (Å²) in [4.78, 5) is 29.0. The quantitative estimate of drug-likeness (QED) is 0.864. The van der Waals surface area contributed by atoms with Crippen molar-refractivity contribution in [3.8, 4) is 5.75 Å². The molecule has 3 rings (SSSR count). The molecular weight excluding hydrogens is 294 g/mol. The van der Waals surface area contributed by atoms with Gasteiger partial charge < -0.3 is 15.6 Å². The van der Waals surface area contributed by atoms with E-state index in [1.165, 1.54) is 4.90 Å². The summed E-state index contributed by atoms with van der Waals surface area (Å²) in [6.45, 7) is -0.0807. The number of para-hydroxylation sites is 2. The van der Waals surface area contributed by atoms with Crippen molar-refractivity contribution in [1.29, 1.82) is 0 Å². The van der Waals surface area contributed by atoms with Crippen molar-refractivity contribution < 1.29 is 19.4 Å². The number of ether oxygens (including phenoxy) is 1. The van der Waals surface area contributed by atoms with E-state index in [2.05, 4.69) is 4.98 Å². The lowest BCUT2D eigenvalue weighted by molar-refractivity contribution is -0.144. The van der Waals surface area contributed by atoms with E-state index < -0.39 is 18.0 Å². The van der Waals surface area contributed by atoms with Gasteiger partial charge in [-0.3, -0.25) is 9.69 Å². The number of nitrogens with zero attached hydrogens (tertiary/aromatic N) is 2. The van der Waals surface area contributed by atoms with Crippen molar-refractivity contribution in [1.82, 2.24) is 4.98 Å². The molecule has 1 unspecified atom stereocenters. The summed E-state index contributed by atoms with van der Waals surface area (Å²) < 4.78 is 5.38. The van der Waals surface area contributed by atoms with Gasteiger partial charge >= 0.3 is 5.97 Å². The highest BCUT2D eigenvalue weighted by molar-refractivity contribution is 7.13. The summed E-state index contributed by atoms with van der Waals surface area (Å²) in [5.41, 5.74) is 6.25. The molecule has 21 heavy (non-hydrogen) atoms. The zero-order valence-corrected chi connectivity index (χ0v) is 11.5. The fourth-order valence-corrected chi connectivity index (χ4v) is 2.62. The molecule has 0 radical (unpaired) electrons. The van der Waals surface area contributed by atoms with Gasteiger partial charge in [0.2, 0.25) is 6.10 Å². The average molecular weight is 305 g/mol. The standard InChI is InChI=1S/C13H11N3O4S/c14-13-15-7(6-21-13)11(17)16-5-10(12(18)19)20-9-4-2-1-3-8(9)16/h1-4,6,10H,5H2,(H2,14,15)(H,18,19). The number of aromatic nitrogens is 1. The number of carboxylic acid groups (broad SMARTS) is 1. The van der Waals surface area contributed by atoms with Gasteiger partial charge in [-0.2, -0.15) is 0 Å². The smallest absolute Gasteiger partial charge is 0.346 e. The van der Waals surface area contributed by atoms with Crippen molar-refractivity contribution in [2.24, 2.45) is 0 Å². The SMILES string of the molecule is Nc1nc(C(=O)N2CC(C(=O)O)Oc3ccccc32)cs1. The molecule has 0 aliphatic carbocycles. The Kier molecular flexibility index (Phi) is 3.22. The van der Waals surface area contributed by atoms with Gasteiger partial charge in [0.15, 0.2) is 5.13 Å². The Balaban J connectivity index is 2.00. The van der Waals surface area contributed by atoms with Crippen LogP contribution >= 0.6 is 11.3 Å². The molecule has 1 aromatic heterocycles. The van der Waals surface area contributed by atoms with Crippen molar-refractivity contribution in [2.45, 2.75) is 6.10 Å². The lowest BCUT2D eigenvalue weighted by Gasteiger charge is -2.32. The highest BCUT2D eigenvalue weighted by Crippen LogP contribution is 2.34. The van der Waals surface area contributed by atoms with E-state index >= 15 is 0 Å². The van der Waals surface area contributed by atoms with Crippen LogP contribution in [0.25, 0.3) is 0 Å². The number of carboxylic acids is 1. The van der Waals surface area contributed by atoms with Crippen molar-refractivity contribution in [2.75, 3.05) is 17.2 Å². The Bertz CT molecular complexity index is 715. The summed E-state index contributed by atoms with van der Waals surface area (Å²) in [7, 11) is 0. The predicted octanol–water partition coefficient (Wildman–Crippen LogP) is 1.22. The van der Waals surface area contributed by atoms with Gasteiger partial charge in [0, 0.05) is 5.38 Å². The third-order valence-electron chi connectivity index (χ3n) is 3.04.